The molecule has 0 saturated carbocycles. The molecular weight excluding hydrogens is 258 g/mol. The van der Waals surface area contributed by atoms with Crippen LogP contribution in [-0.4, -0.2) is 35.4 Å². The van der Waals surface area contributed by atoms with Gasteiger partial charge in [0.2, 0.25) is 0 Å². The van der Waals surface area contributed by atoms with Crippen molar-refractivity contribution in [2.75, 3.05) is 25.0 Å². The molecule has 0 spiro atoms. The fourth-order valence-corrected chi connectivity index (χ4v) is 1.93. The molecule has 0 heterocycles. The van der Waals surface area contributed by atoms with Gasteiger partial charge in [-0.25, -0.2) is 0 Å². The van der Waals surface area contributed by atoms with E-state index < -0.39 is 4.92 Å². The SMILES string of the molecule is CCCNc1ccc([N+](=O)[O-])c(C(=O)N(CC)CC)c1. The highest BCUT2D eigenvalue weighted by atomic mass is 16.6. The number of nitrogens with one attached hydrogen (secondary N) is 1. The molecule has 0 aromatic heterocycles. The maximum atomic E-state index is 12.4. The Morgan fingerprint density at radius 2 is 1.95 bits per heavy atom. The molecule has 1 N–H and O–H groups in total. The van der Waals surface area contributed by atoms with E-state index in [-0.39, 0.29) is 17.2 Å². The van der Waals surface area contributed by atoms with Crippen LogP contribution in [0.4, 0.5) is 11.4 Å². The molecular formula is C14H21N3O3. The minimum Gasteiger partial charge on any atom is -0.385 e. The molecule has 6 heteroatoms. The van der Waals surface area contributed by atoms with Gasteiger partial charge in [0.1, 0.15) is 5.56 Å². The lowest BCUT2D eigenvalue weighted by Gasteiger charge is -2.19. The van der Waals surface area contributed by atoms with Crippen molar-refractivity contribution < 1.29 is 9.72 Å². The van der Waals surface area contributed by atoms with Crippen LogP contribution in [0.5, 0.6) is 0 Å². The second-order valence-corrected chi connectivity index (χ2v) is 4.39. The first-order valence-electron chi connectivity index (χ1n) is 6.86. The van der Waals surface area contributed by atoms with Crippen LogP contribution in [0.1, 0.15) is 37.6 Å². The maximum absolute atomic E-state index is 12.4. The molecule has 0 fully saturated rings. The monoisotopic (exact) mass is 279 g/mol. The number of hydrogen-bond donors (Lipinski definition) is 1. The third kappa shape index (κ3) is 3.69. The first-order valence-corrected chi connectivity index (χ1v) is 6.86. The summed E-state index contributed by atoms with van der Waals surface area (Å²) in [6.07, 6.45) is 0.941. The van der Waals surface area contributed by atoms with Crippen molar-refractivity contribution in [3.05, 3.63) is 33.9 Å². The van der Waals surface area contributed by atoms with Gasteiger partial charge in [-0.15, -0.1) is 0 Å². The molecule has 0 saturated heterocycles. The highest BCUT2D eigenvalue weighted by molar-refractivity contribution is 5.99. The summed E-state index contributed by atoms with van der Waals surface area (Å²) >= 11 is 0. The predicted molar refractivity (Wildman–Crippen MR) is 79.1 cm³/mol. The van der Waals surface area contributed by atoms with Gasteiger partial charge in [0.05, 0.1) is 4.92 Å². The number of carbonyl (C=O) groups excluding carboxylic acids is 1. The van der Waals surface area contributed by atoms with Crippen LogP contribution < -0.4 is 5.32 Å². The van der Waals surface area contributed by atoms with Gasteiger partial charge in [0, 0.05) is 31.4 Å². The molecule has 20 heavy (non-hydrogen) atoms. The Morgan fingerprint density at radius 1 is 1.30 bits per heavy atom. The minimum atomic E-state index is -0.514. The van der Waals surface area contributed by atoms with Gasteiger partial charge < -0.3 is 10.2 Å². The van der Waals surface area contributed by atoms with Gasteiger partial charge in [-0.2, -0.15) is 0 Å². The zero-order valence-electron chi connectivity index (χ0n) is 12.2. The third-order valence-electron chi connectivity index (χ3n) is 3.05. The van der Waals surface area contributed by atoms with E-state index in [0.29, 0.717) is 13.1 Å². The van der Waals surface area contributed by atoms with Crippen LogP contribution in [-0.2, 0) is 0 Å². The third-order valence-corrected chi connectivity index (χ3v) is 3.05. The summed E-state index contributed by atoms with van der Waals surface area (Å²) in [5, 5.41) is 14.2. The summed E-state index contributed by atoms with van der Waals surface area (Å²) in [5.41, 5.74) is 0.719. The lowest BCUT2D eigenvalue weighted by molar-refractivity contribution is -0.385. The van der Waals surface area contributed by atoms with Crippen molar-refractivity contribution >= 4 is 17.3 Å². The van der Waals surface area contributed by atoms with Crippen LogP contribution in [0.3, 0.4) is 0 Å². The average Bonchev–Trinajstić information content (AvgIpc) is 2.45. The van der Waals surface area contributed by atoms with E-state index in [4.69, 9.17) is 0 Å². The molecule has 110 valence electrons. The van der Waals surface area contributed by atoms with E-state index >= 15 is 0 Å². The van der Waals surface area contributed by atoms with E-state index in [1.807, 2.05) is 20.8 Å². The number of hydrogen-bond acceptors (Lipinski definition) is 4. The zero-order valence-corrected chi connectivity index (χ0v) is 12.2. The molecule has 6 nitrogen and oxygen atoms in total. The molecule has 1 rings (SSSR count). The summed E-state index contributed by atoms with van der Waals surface area (Å²) in [4.78, 5) is 24.5. The highest BCUT2D eigenvalue weighted by Gasteiger charge is 2.23. The van der Waals surface area contributed by atoms with Crippen LogP contribution in [0, 0.1) is 10.1 Å². The number of nitrogens with zero attached hydrogens (tertiary/aromatic N) is 2. The second kappa shape index (κ2) is 7.47. The van der Waals surface area contributed by atoms with Crippen LogP contribution in [0.15, 0.2) is 18.2 Å². The summed E-state index contributed by atoms with van der Waals surface area (Å²) in [6, 6.07) is 4.58. The summed E-state index contributed by atoms with van der Waals surface area (Å²) in [6.45, 7) is 7.55. The van der Waals surface area contributed by atoms with E-state index in [2.05, 4.69) is 5.32 Å². The highest BCUT2D eigenvalue weighted by Crippen LogP contribution is 2.24. The van der Waals surface area contributed by atoms with E-state index in [0.717, 1.165) is 18.7 Å². The maximum Gasteiger partial charge on any atom is 0.282 e. The zero-order chi connectivity index (χ0) is 15.1. The molecule has 0 aliphatic rings. The normalized spacial score (nSPS) is 10.2. The number of carbonyl (C=O) groups is 1. The Hall–Kier alpha value is -2.11. The van der Waals surface area contributed by atoms with Crippen LogP contribution in [0.25, 0.3) is 0 Å². The Kier molecular flexibility index (Phi) is 5.96. The average molecular weight is 279 g/mol. The molecule has 1 amide bonds. The molecule has 0 bridgehead atoms. The Bertz CT molecular complexity index is 485. The van der Waals surface area contributed by atoms with E-state index in [1.54, 1.807) is 17.0 Å². The first kappa shape index (κ1) is 15.9. The number of amides is 1. The van der Waals surface area contributed by atoms with Crippen LogP contribution in [0.2, 0.25) is 0 Å². The summed E-state index contributed by atoms with van der Waals surface area (Å²) in [5.74, 6) is -0.304. The Morgan fingerprint density at radius 3 is 2.45 bits per heavy atom. The standard InChI is InChI=1S/C14H21N3O3/c1-4-9-15-11-7-8-13(17(19)20)12(10-11)14(18)16(5-2)6-3/h7-8,10,15H,4-6,9H2,1-3H3. The van der Waals surface area contributed by atoms with Crippen molar-refractivity contribution in [2.24, 2.45) is 0 Å². The van der Waals surface area contributed by atoms with Gasteiger partial charge >= 0.3 is 0 Å². The largest absolute Gasteiger partial charge is 0.385 e. The van der Waals surface area contributed by atoms with Crippen molar-refractivity contribution in [3.63, 3.8) is 0 Å². The lowest BCUT2D eigenvalue weighted by Crippen LogP contribution is -2.31. The van der Waals surface area contributed by atoms with Crippen molar-refractivity contribution in [2.45, 2.75) is 27.2 Å². The van der Waals surface area contributed by atoms with E-state index in [9.17, 15) is 14.9 Å². The second-order valence-electron chi connectivity index (χ2n) is 4.39. The van der Waals surface area contributed by atoms with Gasteiger partial charge in [-0.05, 0) is 32.4 Å². The van der Waals surface area contributed by atoms with Gasteiger partial charge in [-0.3, -0.25) is 14.9 Å². The summed E-state index contributed by atoms with van der Waals surface area (Å²) < 4.78 is 0. The van der Waals surface area contributed by atoms with Crippen molar-refractivity contribution in [1.82, 2.24) is 4.90 Å². The van der Waals surface area contributed by atoms with Gasteiger partial charge in [-0.1, -0.05) is 6.92 Å². The Labute approximate surface area is 118 Å². The molecule has 0 aliphatic heterocycles. The Balaban J connectivity index is 3.17. The fourth-order valence-electron chi connectivity index (χ4n) is 1.93. The first-order chi connectivity index (χ1) is 9.54. The topological polar surface area (TPSA) is 75.5 Å². The summed E-state index contributed by atoms with van der Waals surface area (Å²) in [7, 11) is 0. The molecule has 0 unspecified atom stereocenters. The lowest BCUT2D eigenvalue weighted by atomic mass is 10.1. The van der Waals surface area contributed by atoms with Gasteiger partial charge in [0.15, 0.2) is 0 Å². The number of anilines is 1. The molecule has 1 aromatic carbocycles. The van der Waals surface area contributed by atoms with Crippen molar-refractivity contribution in [3.8, 4) is 0 Å². The van der Waals surface area contributed by atoms with E-state index in [1.165, 1.54) is 6.07 Å². The molecule has 1 aromatic rings. The fraction of sp³-hybridized carbons (Fsp3) is 0.500. The molecule has 0 radical (unpaired) electrons. The van der Waals surface area contributed by atoms with Crippen LogP contribution >= 0.6 is 0 Å². The number of benzene rings is 1. The molecule has 0 aliphatic carbocycles. The number of rotatable bonds is 7. The minimum absolute atomic E-state index is 0.139. The molecule has 0 atom stereocenters. The van der Waals surface area contributed by atoms with Gasteiger partial charge in [0.25, 0.3) is 11.6 Å². The smallest absolute Gasteiger partial charge is 0.282 e. The number of nitro groups is 1. The number of nitro benzene ring substituents is 1. The predicted octanol–water partition coefficient (Wildman–Crippen LogP) is 2.90. The van der Waals surface area contributed by atoms with Crippen molar-refractivity contribution in [1.29, 1.82) is 0 Å². The quantitative estimate of drug-likeness (QED) is 0.615.